The van der Waals surface area contributed by atoms with E-state index in [1.807, 2.05) is 24.3 Å². The van der Waals surface area contributed by atoms with Gasteiger partial charge in [-0.15, -0.1) is 0 Å². The van der Waals surface area contributed by atoms with Crippen molar-refractivity contribution in [3.8, 4) is 11.1 Å². The number of nitrogens with zero attached hydrogens (tertiary/aromatic N) is 1. The van der Waals surface area contributed by atoms with Gasteiger partial charge in [0.1, 0.15) is 18.4 Å². The highest BCUT2D eigenvalue weighted by atomic mass is 16.5. The molecule has 34 heavy (non-hydrogen) atoms. The topological polar surface area (TPSA) is 109 Å². The molecule has 1 aliphatic heterocycles. The minimum Gasteiger partial charge on any atom is -0.480 e. The van der Waals surface area contributed by atoms with Gasteiger partial charge in [-0.1, -0.05) is 48.5 Å². The molecule has 8 heteroatoms. The summed E-state index contributed by atoms with van der Waals surface area (Å²) in [6, 6.07) is 18.5. The molecule has 8 nitrogen and oxygen atoms in total. The van der Waals surface area contributed by atoms with Crippen molar-refractivity contribution in [2.75, 3.05) is 13.2 Å². The summed E-state index contributed by atoms with van der Waals surface area (Å²) in [5, 5.41) is 11.9. The molecule has 1 aromatic heterocycles. The molecule has 0 radical (unpaired) electrons. The number of amides is 2. The van der Waals surface area contributed by atoms with E-state index < -0.39 is 24.0 Å². The van der Waals surface area contributed by atoms with Crippen LogP contribution in [0, 0.1) is 0 Å². The Bertz CT molecular complexity index is 1200. The monoisotopic (exact) mass is 460 g/mol. The number of nitrogens with one attached hydrogen (secondary N) is 1. The van der Waals surface area contributed by atoms with Crippen LogP contribution in [0.3, 0.4) is 0 Å². The molecule has 5 rings (SSSR count). The minimum atomic E-state index is -1.02. The summed E-state index contributed by atoms with van der Waals surface area (Å²) in [6.07, 6.45) is 0.481. The van der Waals surface area contributed by atoms with Gasteiger partial charge in [0, 0.05) is 12.5 Å². The maximum Gasteiger partial charge on any atom is 0.407 e. The first kappa shape index (κ1) is 21.8. The molecule has 1 saturated heterocycles. The first-order valence-electron chi connectivity index (χ1n) is 11.2. The molecule has 2 amide bonds. The third-order valence-electron chi connectivity index (χ3n) is 6.42. The average molecular weight is 460 g/mol. The number of carbonyl (C=O) groups is 3. The molecule has 0 saturated carbocycles. The lowest BCUT2D eigenvalue weighted by Crippen LogP contribution is -2.40. The van der Waals surface area contributed by atoms with Crippen molar-refractivity contribution in [2.24, 2.45) is 0 Å². The smallest absolute Gasteiger partial charge is 0.407 e. The van der Waals surface area contributed by atoms with E-state index in [4.69, 9.17) is 9.15 Å². The van der Waals surface area contributed by atoms with E-state index in [0.29, 0.717) is 25.1 Å². The number of carboxylic acid groups (broad SMARTS) is 1. The Labute approximate surface area is 196 Å². The van der Waals surface area contributed by atoms with Crippen molar-refractivity contribution in [2.45, 2.75) is 31.3 Å². The van der Waals surface area contributed by atoms with Gasteiger partial charge in [0.25, 0.3) is 5.91 Å². The predicted molar refractivity (Wildman–Crippen MR) is 122 cm³/mol. The summed E-state index contributed by atoms with van der Waals surface area (Å²) in [5.41, 5.74) is 4.57. The van der Waals surface area contributed by atoms with Gasteiger partial charge in [-0.3, -0.25) is 4.79 Å². The van der Waals surface area contributed by atoms with Crippen molar-refractivity contribution in [1.82, 2.24) is 10.2 Å². The molecule has 2 N–H and O–H groups in total. The van der Waals surface area contributed by atoms with Gasteiger partial charge < -0.3 is 24.5 Å². The lowest BCUT2D eigenvalue weighted by atomic mass is 9.98. The van der Waals surface area contributed by atoms with Crippen molar-refractivity contribution in [1.29, 1.82) is 0 Å². The van der Waals surface area contributed by atoms with Gasteiger partial charge in [0.05, 0.1) is 6.54 Å². The Kier molecular flexibility index (Phi) is 5.79. The first-order chi connectivity index (χ1) is 16.5. The van der Waals surface area contributed by atoms with Crippen molar-refractivity contribution >= 4 is 18.0 Å². The van der Waals surface area contributed by atoms with Crippen LogP contribution in [-0.4, -0.2) is 47.2 Å². The highest BCUT2D eigenvalue weighted by molar-refractivity contribution is 5.94. The number of hydrogen-bond acceptors (Lipinski definition) is 5. The van der Waals surface area contributed by atoms with Crippen LogP contribution in [0.4, 0.5) is 4.79 Å². The van der Waals surface area contributed by atoms with Crippen LogP contribution in [0.2, 0.25) is 0 Å². The normalized spacial score (nSPS) is 16.7. The molecule has 0 unspecified atom stereocenters. The predicted octanol–water partition coefficient (Wildman–Crippen LogP) is 4.01. The summed E-state index contributed by atoms with van der Waals surface area (Å²) in [7, 11) is 0. The summed E-state index contributed by atoms with van der Waals surface area (Å²) < 4.78 is 11.1. The van der Waals surface area contributed by atoms with Gasteiger partial charge in [-0.2, -0.15) is 0 Å². The second kappa shape index (κ2) is 9.05. The summed E-state index contributed by atoms with van der Waals surface area (Å²) in [5.74, 6) is -1.08. The van der Waals surface area contributed by atoms with E-state index in [2.05, 4.69) is 29.6 Å². The molecular formula is C26H24N2O6. The SMILES string of the molecule is O=C(NCc1ccc(C(=O)N2CCC[C@@H]2C(=O)O)o1)OCC1c2ccccc2-c2ccccc21. The van der Waals surface area contributed by atoms with Gasteiger partial charge in [0.2, 0.25) is 0 Å². The van der Waals surface area contributed by atoms with Gasteiger partial charge in [-0.05, 0) is 47.2 Å². The van der Waals surface area contributed by atoms with Gasteiger partial charge in [-0.25, -0.2) is 9.59 Å². The summed E-state index contributed by atoms with van der Waals surface area (Å²) in [6.45, 7) is 0.628. The molecule has 2 heterocycles. The Balaban J connectivity index is 1.17. The summed E-state index contributed by atoms with van der Waals surface area (Å²) >= 11 is 0. The number of ether oxygens (including phenoxy) is 1. The lowest BCUT2D eigenvalue weighted by Gasteiger charge is -2.19. The highest BCUT2D eigenvalue weighted by Gasteiger charge is 2.35. The van der Waals surface area contributed by atoms with Crippen LogP contribution in [0.15, 0.2) is 65.1 Å². The average Bonchev–Trinajstić information content (AvgIpc) is 3.59. The number of rotatable bonds is 6. The number of fused-ring (bicyclic) bond motifs is 3. The molecule has 1 fully saturated rings. The number of carboxylic acids is 1. The molecule has 0 bridgehead atoms. The van der Waals surface area contributed by atoms with Crippen molar-refractivity contribution in [3.05, 3.63) is 83.3 Å². The van der Waals surface area contributed by atoms with E-state index in [1.54, 1.807) is 6.07 Å². The zero-order chi connectivity index (χ0) is 23.7. The van der Waals surface area contributed by atoms with E-state index in [0.717, 1.165) is 22.3 Å². The van der Waals surface area contributed by atoms with Crippen LogP contribution in [0.5, 0.6) is 0 Å². The molecule has 0 spiro atoms. The zero-order valence-corrected chi connectivity index (χ0v) is 18.4. The van der Waals surface area contributed by atoms with Gasteiger partial charge in [0.15, 0.2) is 5.76 Å². The van der Waals surface area contributed by atoms with Crippen LogP contribution in [0.1, 0.15) is 46.2 Å². The van der Waals surface area contributed by atoms with Crippen molar-refractivity contribution in [3.63, 3.8) is 0 Å². The number of carbonyl (C=O) groups excluding carboxylic acids is 2. The second-order valence-electron chi connectivity index (χ2n) is 8.44. The quantitative estimate of drug-likeness (QED) is 0.575. The number of likely N-dealkylation sites (tertiary alicyclic amines) is 1. The Hall–Kier alpha value is -4.07. The Morgan fingerprint density at radius 3 is 2.35 bits per heavy atom. The van der Waals surface area contributed by atoms with Crippen LogP contribution in [-0.2, 0) is 16.1 Å². The minimum absolute atomic E-state index is 0.0337. The zero-order valence-electron chi connectivity index (χ0n) is 18.4. The third-order valence-corrected chi connectivity index (χ3v) is 6.42. The number of alkyl carbamates (subject to hydrolysis) is 1. The van der Waals surface area contributed by atoms with Crippen LogP contribution < -0.4 is 5.32 Å². The third kappa shape index (κ3) is 4.03. The summed E-state index contributed by atoms with van der Waals surface area (Å²) in [4.78, 5) is 37.6. The fourth-order valence-electron chi connectivity index (χ4n) is 4.80. The maximum atomic E-state index is 12.6. The molecule has 1 aliphatic carbocycles. The van der Waals surface area contributed by atoms with E-state index >= 15 is 0 Å². The number of aliphatic carboxylic acids is 1. The largest absolute Gasteiger partial charge is 0.480 e. The Morgan fingerprint density at radius 2 is 1.68 bits per heavy atom. The van der Waals surface area contributed by atoms with E-state index in [9.17, 15) is 19.5 Å². The highest BCUT2D eigenvalue weighted by Crippen LogP contribution is 2.44. The van der Waals surface area contributed by atoms with Gasteiger partial charge >= 0.3 is 12.1 Å². The van der Waals surface area contributed by atoms with Crippen LogP contribution >= 0.6 is 0 Å². The van der Waals surface area contributed by atoms with Crippen molar-refractivity contribution < 1.29 is 28.6 Å². The van der Waals surface area contributed by atoms with Crippen LogP contribution in [0.25, 0.3) is 11.1 Å². The molecule has 2 aromatic carbocycles. The fourth-order valence-corrected chi connectivity index (χ4v) is 4.80. The molecule has 3 aromatic rings. The molecule has 174 valence electrons. The fraction of sp³-hybridized carbons (Fsp3) is 0.269. The van der Waals surface area contributed by atoms with E-state index in [1.165, 1.54) is 11.0 Å². The molecule has 2 aliphatic rings. The number of benzene rings is 2. The number of hydrogen-bond donors (Lipinski definition) is 2. The van der Waals surface area contributed by atoms with E-state index in [-0.39, 0.29) is 24.8 Å². The standard InChI is InChI=1S/C26H24N2O6/c29-24(28-13-5-10-22(28)25(30)31)23-12-11-16(34-23)14-27-26(32)33-15-21-19-8-3-1-6-17(19)18-7-2-4-9-20(18)21/h1-4,6-9,11-12,21-22H,5,10,13-15H2,(H,27,32)(H,30,31)/t22-/m1/s1. The number of furan rings is 1. The Morgan fingerprint density at radius 1 is 1.00 bits per heavy atom. The molecular weight excluding hydrogens is 436 g/mol. The lowest BCUT2D eigenvalue weighted by molar-refractivity contribution is -0.141. The second-order valence-corrected chi connectivity index (χ2v) is 8.44. The maximum absolute atomic E-state index is 12.6. The first-order valence-corrected chi connectivity index (χ1v) is 11.2. The molecule has 1 atom stereocenters.